The Morgan fingerprint density at radius 2 is 2.00 bits per heavy atom. The minimum absolute atomic E-state index is 0.590. The highest BCUT2D eigenvalue weighted by Gasteiger charge is 2.69. The lowest BCUT2D eigenvalue weighted by atomic mass is 9.92. The molecule has 11 nitrogen and oxygen atoms in total. The summed E-state index contributed by atoms with van der Waals surface area (Å²) in [5.74, 6) is -3.47. The zero-order valence-corrected chi connectivity index (χ0v) is 13.5. The van der Waals surface area contributed by atoms with Crippen LogP contribution in [0.5, 0.6) is 0 Å². The number of hydrazine groups is 1. The van der Waals surface area contributed by atoms with Gasteiger partial charge >= 0.3 is 0 Å². The van der Waals surface area contributed by atoms with Gasteiger partial charge in [-0.15, -0.1) is 0 Å². The van der Waals surface area contributed by atoms with E-state index in [-0.39, 0.29) is 0 Å². The molecule has 7 N–H and O–H groups in total. The third kappa shape index (κ3) is 2.83. The van der Waals surface area contributed by atoms with Crippen molar-refractivity contribution in [2.75, 3.05) is 13.1 Å². The largest absolute Gasteiger partial charge is 0.386 e. The van der Waals surface area contributed by atoms with Gasteiger partial charge < -0.3 is 30.9 Å². The monoisotopic (exact) mass is 357 g/mol. The third-order valence-corrected chi connectivity index (χ3v) is 4.73. The lowest BCUT2D eigenvalue weighted by molar-refractivity contribution is -0.310. The average Bonchev–Trinajstić information content (AvgIpc) is 3.19. The second-order valence-electron chi connectivity index (χ2n) is 6.35. The van der Waals surface area contributed by atoms with Crippen molar-refractivity contribution in [1.82, 2.24) is 20.0 Å². The van der Waals surface area contributed by atoms with Crippen molar-refractivity contribution in [3.63, 3.8) is 0 Å². The van der Waals surface area contributed by atoms with Crippen LogP contribution in [0, 0.1) is 0 Å². The van der Waals surface area contributed by atoms with Crippen molar-refractivity contribution in [2.45, 2.75) is 49.2 Å². The number of aromatic nitrogens is 2. The van der Waals surface area contributed by atoms with Crippen molar-refractivity contribution in [2.24, 2.45) is 5.73 Å². The summed E-state index contributed by atoms with van der Waals surface area (Å²) in [7, 11) is 0. The molecule has 0 radical (unpaired) electrons. The van der Waals surface area contributed by atoms with Crippen LogP contribution in [0.3, 0.4) is 0 Å². The fourth-order valence-corrected chi connectivity index (χ4v) is 3.25. The van der Waals surface area contributed by atoms with E-state index < -0.39 is 35.9 Å². The molecule has 11 heteroatoms. The molecule has 0 aromatic carbocycles. The molecule has 2 saturated heterocycles. The van der Waals surface area contributed by atoms with Crippen molar-refractivity contribution < 1.29 is 30.0 Å². The molecule has 2 aliphatic rings. The fourth-order valence-electron chi connectivity index (χ4n) is 3.25. The maximum absolute atomic E-state index is 12.8. The smallest absolute Gasteiger partial charge is 0.285 e. The van der Waals surface area contributed by atoms with E-state index in [1.165, 1.54) is 12.4 Å². The van der Waals surface area contributed by atoms with E-state index in [9.17, 15) is 25.2 Å². The number of rotatable bonds is 4. The number of amides is 1. The number of imidazole rings is 1. The van der Waals surface area contributed by atoms with Gasteiger partial charge in [0.15, 0.2) is 6.10 Å². The molecule has 3 rings (SSSR count). The first-order valence-corrected chi connectivity index (χ1v) is 8.09. The number of hydrogen-bond acceptors (Lipinski definition) is 9. The topological polar surface area (TPSA) is 166 Å². The van der Waals surface area contributed by atoms with E-state index in [0.717, 1.165) is 30.2 Å². The lowest BCUT2D eigenvalue weighted by Crippen LogP contribution is -2.67. The number of nitrogens with one attached hydrogen (secondary N) is 1. The highest BCUT2D eigenvalue weighted by Crippen LogP contribution is 2.41. The summed E-state index contributed by atoms with van der Waals surface area (Å²) in [5, 5.41) is 43.0. The Hall–Kier alpha value is -1.60. The Morgan fingerprint density at radius 1 is 1.32 bits per heavy atom. The molecular weight excluding hydrogens is 334 g/mol. The van der Waals surface area contributed by atoms with Crippen LogP contribution in [0.1, 0.15) is 19.3 Å². The van der Waals surface area contributed by atoms with Crippen LogP contribution in [0.25, 0.3) is 0 Å². The molecule has 0 saturated carbocycles. The highest BCUT2D eigenvalue weighted by molar-refractivity contribution is 5.87. The minimum atomic E-state index is -2.52. The van der Waals surface area contributed by atoms with E-state index in [0.29, 0.717) is 13.1 Å². The number of nitrogens with two attached hydrogens (primary N) is 1. The molecule has 1 aromatic rings. The van der Waals surface area contributed by atoms with Gasteiger partial charge in [0, 0.05) is 25.5 Å². The number of nitrogens with zero attached hydrogens (tertiary/aromatic N) is 3. The Balaban J connectivity index is 1.90. The number of ether oxygens (including phenoxy) is 1. The number of hydrogen-bond donors (Lipinski definition) is 6. The molecule has 3 heterocycles. The summed E-state index contributed by atoms with van der Waals surface area (Å²) in [5.41, 5.74) is 5.59. The maximum Gasteiger partial charge on any atom is 0.285 e. The van der Waals surface area contributed by atoms with E-state index in [1.807, 2.05) is 0 Å². The number of carbonyl (C=O) groups excluding carboxylic acids is 1. The first-order chi connectivity index (χ1) is 11.8. The molecule has 25 heavy (non-hydrogen) atoms. The first kappa shape index (κ1) is 18.2. The Kier molecular flexibility index (Phi) is 4.81. The van der Waals surface area contributed by atoms with E-state index >= 15 is 0 Å². The zero-order chi connectivity index (χ0) is 18.2. The SMILES string of the molecule is NC(O)[C@@]1(C(=O)NN2CCCCC2)O[C@@](O)(n2ccnc2)[C@H](O)[C@@H]1O. The van der Waals surface area contributed by atoms with Crippen molar-refractivity contribution in [1.29, 1.82) is 0 Å². The molecule has 0 bridgehead atoms. The molecule has 1 aromatic heterocycles. The standard InChI is InChI=1S/C14H23N5O6/c15-11(22)13(12(23)17-19-5-2-1-3-6-19)9(20)10(21)14(24,25-13)18-7-4-16-8-18/h4,7-11,20-22,24H,1-3,5-6,15H2,(H,17,23)/t9-,10+,11?,13-,14+/m0/s1. The van der Waals surface area contributed by atoms with Gasteiger partial charge in [0.05, 0.1) is 6.33 Å². The van der Waals surface area contributed by atoms with Crippen LogP contribution in [0.15, 0.2) is 18.7 Å². The predicted octanol–water partition coefficient (Wildman–Crippen LogP) is -3.23. The van der Waals surface area contributed by atoms with Crippen LogP contribution in [0.2, 0.25) is 0 Å². The Bertz CT molecular complexity index is 607. The number of carbonyl (C=O) groups is 1. The number of aliphatic hydroxyl groups excluding tert-OH is 3. The molecular formula is C14H23N5O6. The van der Waals surface area contributed by atoms with Crippen LogP contribution < -0.4 is 11.2 Å². The van der Waals surface area contributed by atoms with Gasteiger partial charge in [-0.3, -0.25) is 14.8 Å². The molecule has 2 aliphatic heterocycles. The molecule has 5 atom stereocenters. The average molecular weight is 357 g/mol. The lowest BCUT2D eigenvalue weighted by Gasteiger charge is -2.36. The van der Waals surface area contributed by atoms with Gasteiger partial charge in [-0.05, 0) is 12.8 Å². The fraction of sp³-hybridized carbons (Fsp3) is 0.714. The van der Waals surface area contributed by atoms with Crippen LogP contribution >= 0.6 is 0 Å². The summed E-state index contributed by atoms with van der Waals surface area (Å²) in [6, 6.07) is 0. The summed E-state index contributed by atoms with van der Waals surface area (Å²) >= 11 is 0. The van der Waals surface area contributed by atoms with E-state index in [1.54, 1.807) is 5.01 Å². The van der Waals surface area contributed by atoms with E-state index in [2.05, 4.69) is 10.4 Å². The predicted molar refractivity (Wildman–Crippen MR) is 82.0 cm³/mol. The van der Waals surface area contributed by atoms with Crippen LogP contribution in [-0.4, -0.2) is 78.0 Å². The molecule has 1 amide bonds. The molecule has 1 unspecified atom stereocenters. The normalized spacial score (nSPS) is 37.8. The zero-order valence-electron chi connectivity index (χ0n) is 13.5. The molecule has 2 fully saturated rings. The van der Waals surface area contributed by atoms with Crippen LogP contribution in [0.4, 0.5) is 0 Å². The molecule has 0 aliphatic carbocycles. The van der Waals surface area contributed by atoms with Gasteiger partial charge in [0.2, 0.25) is 5.60 Å². The van der Waals surface area contributed by atoms with Gasteiger partial charge in [0.1, 0.15) is 12.3 Å². The van der Waals surface area contributed by atoms with Crippen molar-refractivity contribution in [3.05, 3.63) is 18.7 Å². The second kappa shape index (κ2) is 6.61. The number of piperidine rings is 1. The summed E-state index contributed by atoms with van der Waals surface area (Å²) in [6.07, 6.45) is 0.584. The van der Waals surface area contributed by atoms with Crippen LogP contribution in [-0.2, 0) is 15.4 Å². The van der Waals surface area contributed by atoms with Gasteiger partial charge in [-0.2, -0.15) is 0 Å². The summed E-state index contributed by atoms with van der Waals surface area (Å²) in [6.45, 7) is 1.18. The van der Waals surface area contributed by atoms with E-state index in [4.69, 9.17) is 10.5 Å². The third-order valence-electron chi connectivity index (χ3n) is 4.73. The van der Waals surface area contributed by atoms with Gasteiger partial charge in [-0.25, -0.2) is 9.99 Å². The summed E-state index contributed by atoms with van der Waals surface area (Å²) in [4.78, 5) is 16.5. The highest BCUT2D eigenvalue weighted by atomic mass is 16.7. The van der Waals surface area contributed by atoms with Gasteiger partial charge in [-0.1, -0.05) is 6.42 Å². The van der Waals surface area contributed by atoms with Crippen molar-refractivity contribution in [3.8, 4) is 0 Å². The Labute approximate surface area is 143 Å². The molecule has 0 spiro atoms. The van der Waals surface area contributed by atoms with Crippen molar-refractivity contribution >= 4 is 5.91 Å². The number of aliphatic hydroxyl groups is 4. The maximum atomic E-state index is 12.8. The minimum Gasteiger partial charge on any atom is -0.386 e. The quantitative estimate of drug-likeness (QED) is 0.304. The first-order valence-electron chi connectivity index (χ1n) is 8.09. The summed E-state index contributed by atoms with van der Waals surface area (Å²) < 4.78 is 6.31. The molecule has 140 valence electrons. The Morgan fingerprint density at radius 3 is 2.56 bits per heavy atom. The second-order valence-corrected chi connectivity index (χ2v) is 6.35. The van der Waals surface area contributed by atoms with Gasteiger partial charge in [0.25, 0.3) is 11.8 Å².